The van der Waals surface area contributed by atoms with Gasteiger partial charge in [-0.1, -0.05) is 33.6 Å². The van der Waals surface area contributed by atoms with Crippen molar-refractivity contribution < 1.29 is 8.42 Å². The SMILES string of the molecule is CCC(CC)C(N)CNc1ccc(S(=O)(=O)CC)cc1. The molecule has 0 aliphatic rings. The summed E-state index contributed by atoms with van der Waals surface area (Å²) in [7, 11) is -3.12. The molecule has 0 bridgehead atoms. The zero-order chi connectivity index (χ0) is 15.2. The van der Waals surface area contributed by atoms with E-state index in [0.717, 1.165) is 18.5 Å². The maximum absolute atomic E-state index is 11.7. The zero-order valence-electron chi connectivity index (χ0n) is 12.6. The lowest BCUT2D eigenvalue weighted by molar-refractivity contribution is 0.407. The van der Waals surface area contributed by atoms with E-state index in [1.165, 1.54) is 0 Å². The van der Waals surface area contributed by atoms with Crippen molar-refractivity contribution in [1.29, 1.82) is 0 Å². The van der Waals surface area contributed by atoms with E-state index in [4.69, 9.17) is 5.73 Å². The van der Waals surface area contributed by atoms with Crippen molar-refractivity contribution in [3.8, 4) is 0 Å². The van der Waals surface area contributed by atoms with Crippen LogP contribution in [-0.2, 0) is 9.84 Å². The molecule has 0 amide bonds. The third-order valence-electron chi connectivity index (χ3n) is 3.79. The molecular weight excluding hydrogens is 272 g/mol. The lowest BCUT2D eigenvalue weighted by atomic mass is 9.95. The van der Waals surface area contributed by atoms with Crippen molar-refractivity contribution in [2.75, 3.05) is 17.6 Å². The molecule has 20 heavy (non-hydrogen) atoms. The van der Waals surface area contributed by atoms with Crippen LogP contribution in [-0.4, -0.2) is 26.8 Å². The highest BCUT2D eigenvalue weighted by Crippen LogP contribution is 2.16. The van der Waals surface area contributed by atoms with Crippen LogP contribution < -0.4 is 11.1 Å². The normalized spacial score (nSPS) is 13.4. The third-order valence-corrected chi connectivity index (χ3v) is 5.54. The van der Waals surface area contributed by atoms with Gasteiger partial charge in [0.25, 0.3) is 0 Å². The Morgan fingerprint density at radius 3 is 2.10 bits per heavy atom. The largest absolute Gasteiger partial charge is 0.383 e. The monoisotopic (exact) mass is 298 g/mol. The van der Waals surface area contributed by atoms with E-state index in [9.17, 15) is 8.42 Å². The Kier molecular flexibility index (Phi) is 6.49. The molecule has 0 aliphatic heterocycles. The first-order valence-electron chi connectivity index (χ1n) is 7.26. The molecule has 1 rings (SSSR count). The minimum Gasteiger partial charge on any atom is -0.383 e. The fourth-order valence-corrected chi connectivity index (χ4v) is 3.13. The number of hydrogen-bond acceptors (Lipinski definition) is 4. The van der Waals surface area contributed by atoms with Crippen molar-refractivity contribution >= 4 is 15.5 Å². The minimum absolute atomic E-state index is 0.115. The third kappa shape index (κ3) is 4.49. The maximum atomic E-state index is 11.7. The number of anilines is 1. The van der Waals surface area contributed by atoms with Gasteiger partial charge in [-0.05, 0) is 30.2 Å². The van der Waals surface area contributed by atoms with E-state index in [1.807, 2.05) is 0 Å². The van der Waals surface area contributed by atoms with Crippen LogP contribution in [0.3, 0.4) is 0 Å². The number of sulfone groups is 1. The summed E-state index contributed by atoms with van der Waals surface area (Å²) in [6, 6.07) is 6.99. The van der Waals surface area contributed by atoms with Crippen LogP contribution >= 0.6 is 0 Å². The predicted molar refractivity (Wildman–Crippen MR) is 84.7 cm³/mol. The summed E-state index contributed by atoms with van der Waals surface area (Å²) in [5, 5.41) is 3.27. The van der Waals surface area contributed by atoms with Gasteiger partial charge in [0.05, 0.1) is 10.6 Å². The van der Waals surface area contributed by atoms with Gasteiger partial charge >= 0.3 is 0 Å². The number of benzene rings is 1. The van der Waals surface area contributed by atoms with Crippen LogP contribution in [0.15, 0.2) is 29.2 Å². The summed E-state index contributed by atoms with van der Waals surface area (Å²) in [5.74, 6) is 0.640. The van der Waals surface area contributed by atoms with Gasteiger partial charge in [0.2, 0.25) is 0 Å². The second-order valence-electron chi connectivity index (χ2n) is 5.05. The minimum atomic E-state index is -3.12. The highest BCUT2D eigenvalue weighted by atomic mass is 32.2. The highest BCUT2D eigenvalue weighted by molar-refractivity contribution is 7.91. The average Bonchev–Trinajstić information content (AvgIpc) is 2.47. The van der Waals surface area contributed by atoms with Crippen LogP contribution in [0.2, 0.25) is 0 Å². The van der Waals surface area contributed by atoms with E-state index in [-0.39, 0.29) is 11.8 Å². The molecule has 0 heterocycles. The van der Waals surface area contributed by atoms with E-state index in [1.54, 1.807) is 31.2 Å². The van der Waals surface area contributed by atoms with E-state index in [0.29, 0.717) is 17.4 Å². The van der Waals surface area contributed by atoms with E-state index < -0.39 is 9.84 Å². The molecule has 0 fully saturated rings. The first kappa shape index (κ1) is 17.0. The fraction of sp³-hybridized carbons (Fsp3) is 0.600. The average molecular weight is 298 g/mol. The van der Waals surface area contributed by atoms with Gasteiger partial charge in [0.15, 0.2) is 9.84 Å². The van der Waals surface area contributed by atoms with Crippen LogP contribution in [0.4, 0.5) is 5.69 Å². The predicted octanol–water partition coefficient (Wildman–Crippen LogP) is 2.66. The Balaban J connectivity index is 2.63. The van der Waals surface area contributed by atoms with Crippen LogP contribution in [0.5, 0.6) is 0 Å². The molecule has 0 saturated carbocycles. The fourth-order valence-electron chi connectivity index (χ4n) is 2.24. The molecule has 0 radical (unpaired) electrons. The molecule has 5 heteroatoms. The Morgan fingerprint density at radius 2 is 1.65 bits per heavy atom. The van der Waals surface area contributed by atoms with Crippen LogP contribution in [0.1, 0.15) is 33.6 Å². The Morgan fingerprint density at radius 1 is 1.10 bits per heavy atom. The molecule has 0 aliphatic carbocycles. The molecular formula is C15H26N2O2S. The van der Waals surface area contributed by atoms with Crippen molar-refractivity contribution in [2.45, 2.75) is 44.6 Å². The molecule has 4 nitrogen and oxygen atoms in total. The van der Waals surface area contributed by atoms with Gasteiger partial charge in [-0.2, -0.15) is 0 Å². The molecule has 1 aromatic carbocycles. The second-order valence-corrected chi connectivity index (χ2v) is 7.33. The Hall–Kier alpha value is -1.07. The van der Waals surface area contributed by atoms with Crippen molar-refractivity contribution in [2.24, 2.45) is 11.7 Å². The zero-order valence-corrected chi connectivity index (χ0v) is 13.4. The first-order valence-corrected chi connectivity index (χ1v) is 8.92. The summed E-state index contributed by atoms with van der Waals surface area (Å²) >= 11 is 0. The van der Waals surface area contributed by atoms with Crippen molar-refractivity contribution in [1.82, 2.24) is 0 Å². The molecule has 0 saturated heterocycles. The lowest BCUT2D eigenvalue weighted by Crippen LogP contribution is -2.36. The lowest BCUT2D eigenvalue weighted by Gasteiger charge is -2.22. The summed E-state index contributed by atoms with van der Waals surface area (Å²) in [6.45, 7) is 6.65. The molecule has 1 unspecified atom stereocenters. The van der Waals surface area contributed by atoms with Crippen molar-refractivity contribution in [3.63, 3.8) is 0 Å². The summed E-state index contributed by atoms with van der Waals surface area (Å²) in [6.07, 6.45) is 2.15. The van der Waals surface area contributed by atoms with E-state index >= 15 is 0 Å². The molecule has 1 atom stereocenters. The molecule has 0 aromatic heterocycles. The smallest absolute Gasteiger partial charge is 0.178 e. The molecule has 0 spiro atoms. The Bertz CT molecular complexity index is 493. The van der Waals surface area contributed by atoms with Crippen LogP contribution in [0.25, 0.3) is 0 Å². The topological polar surface area (TPSA) is 72.2 Å². The van der Waals surface area contributed by atoms with Gasteiger partial charge in [-0.3, -0.25) is 0 Å². The number of rotatable bonds is 8. The molecule has 1 aromatic rings. The van der Waals surface area contributed by atoms with E-state index in [2.05, 4.69) is 19.2 Å². The summed E-state index contributed by atoms with van der Waals surface area (Å²) < 4.78 is 23.4. The van der Waals surface area contributed by atoms with Gasteiger partial charge in [0, 0.05) is 18.3 Å². The quantitative estimate of drug-likeness (QED) is 0.774. The standard InChI is InChI=1S/C15H26N2O2S/c1-4-12(5-2)15(16)11-17-13-7-9-14(10-8-13)20(18,19)6-3/h7-10,12,15,17H,4-6,11,16H2,1-3H3. The number of nitrogens with one attached hydrogen (secondary N) is 1. The summed E-state index contributed by atoms with van der Waals surface area (Å²) in [5.41, 5.74) is 7.05. The summed E-state index contributed by atoms with van der Waals surface area (Å²) in [4.78, 5) is 0.370. The van der Waals surface area contributed by atoms with Gasteiger partial charge in [0.1, 0.15) is 0 Å². The molecule has 114 valence electrons. The van der Waals surface area contributed by atoms with Gasteiger partial charge in [-0.25, -0.2) is 8.42 Å². The van der Waals surface area contributed by atoms with Gasteiger partial charge in [-0.15, -0.1) is 0 Å². The highest BCUT2D eigenvalue weighted by Gasteiger charge is 2.14. The van der Waals surface area contributed by atoms with Gasteiger partial charge < -0.3 is 11.1 Å². The first-order chi connectivity index (χ1) is 9.44. The number of hydrogen-bond donors (Lipinski definition) is 2. The molecule has 3 N–H and O–H groups in total. The van der Waals surface area contributed by atoms with Crippen molar-refractivity contribution in [3.05, 3.63) is 24.3 Å². The Labute approximate surface area is 122 Å². The maximum Gasteiger partial charge on any atom is 0.178 e. The van der Waals surface area contributed by atoms with Crippen LogP contribution in [0, 0.1) is 5.92 Å². The second kappa shape index (κ2) is 7.64. The number of nitrogens with two attached hydrogens (primary N) is 1.